The normalized spacial score (nSPS) is 10.3. The first-order chi connectivity index (χ1) is 11.2. The Bertz CT molecular complexity index is 631. The summed E-state index contributed by atoms with van der Waals surface area (Å²) in [5, 5.41) is 6.65. The minimum absolute atomic E-state index is 0.223. The number of amides is 1. The van der Waals surface area contributed by atoms with Crippen LogP contribution in [0.3, 0.4) is 0 Å². The second-order valence-corrected chi connectivity index (χ2v) is 5.64. The van der Waals surface area contributed by atoms with Gasteiger partial charge in [-0.25, -0.2) is 9.97 Å². The highest BCUT2D eigenvalue weighted by Gasteiger charge is 2.08. The number of hydrogen-bond donors (Lipinski definition) is 2. The zero-order valence-corrected chi connectivity index (χ0v) is 13.9. The predicted octanol–water partition coefficient (Wildman–Crippen LogP) is 3.66. The maximum Gasteiger partial charge on any atom is 0.270 e. The molecule has 0 saturated heterocycles. The zero-order valence-electron chi connectivity index (χ0n) is 13.2. The topological polar surface area (TPSA) is 66.9 Å². The molecule has 0 unspecified atom stereocenters. The molecule has 2 N–H and O–H groups in total. The first-order valence-corrected chi connectivity index (χ1v) is 8.16. The van der Waals surface area contributed by atoms with Crippen LogP contribution < -0.4 is 10.6 Å². The van der Waals surface area contributed by atoms with Crippen LogP contribution in [0.5, 0.6) is 0 Å². The highest BCUT2D eigenvalue weighted by molar-refractivity contribution is 6.30. The van der Waals surface area contributed by atoms with E-state index in [4.69, 9.17) is 11.6 Å². The smallest absolute Gasteiger partial charge is 0.270 e. The lowest BCUT2D eigenvalue weighted by atomic mass is 10.2. The predicted molar refractivity (Wildman–Crippen MR) is 92.7 cm³/mol. The molecule has 0 aliphatic rings. The van der Waals surface area contributed by atoms with Gasteiger partial charge in [0.15, 0.2) is 0 Å². The van der Waals surface area contributed by atoms with Crippen molar-refractivity contribution in [3.8, 4) is 0 Å². The number of benzene rings is 1. The first-order valence-electron chi connectivity index (χ1n) is 7.78. The third-order valence-corrected chi connectivity index (χ3v) is 3.57. The molecule has 0 saturated carbocycles. The number of carbonyl (C=O) groups excluding carboxylic acids is 1. The Balaban J connectivity index is 1.87. The van der Waals surface area contributed by atoms with Crippen molar-refractivity contribution in [3.05, 3.63) is 52.8 Å². The highest BCUT2D eigenvalue weighted by Crippen LogP contribution is 2.09. The standard InChI is InChI=1S/C17H21ClN4O/c1-2-3-4-10-19-17-20-11-9-15(22-17)16(23)21-12-13-5-7-14(18)8-6-13/h5-9,11H,2-4,10,12H2,1H3,(H,21,23)(H,19,20,22). The molecular formula is C17H21ClN4O. The van der Waals surface area contributed by atoms with Crippen molar-refractivity contribution in [2.24, 2.45) is 0 Å². The number of unbranched alkanes of at least 4 members (excludes halogenated alkanes) is 2. The molecule has 0 spiro atoms. The van der Waals surface area contributed by atoms with Gasteiger partial charge in [-0.05, 0) is 30.2 Å². The van der Waals surface area contributed by atoms with E-state index in [1.807, 2.05) is 12.1 Å². The van der Waals surface area contributed by atoms with E-state index in [-0.39, 0.29) is 5.91 Å². The Morgan fingerprint density at radius 1 is 1.17 bits per heavy atom. The van der Waals surface area contributed by atoms with Crippen LogP contribution in [0.2, 0.25) is 5.02 Å². The van der Waals surface area contributed by atoms with Gasteiger partial charge in [0, 0.05) is 24.3 Å². The van der Waals surface area contributed by atoms with E-state index in [9.17, 15) is 4.79 Å². The van der Waals surface area contributed by atoms with Crippen LogP contribution in [0.15, 0.2) is 36.5 Å². The van der Waals surface area contributed by atoms with E-state index in [0.29, 0.717) is 23.2 Å². The second-order valence-electron chi connectivity index (χ2n) is 5.21. The summed E-state index contributed by atoms with van der Waals surface area (Å²) in [4.78, 5) is 20.5. The summed E-state index contributed by atoms with van der Waals surface area (Å²) in [5.74, 6) is 0.263. The molecule has 2 aromatic rings. The molecule has 0 atom stereocenters. The fraction of sp³-hybridized carbons (Fsp3) is 0.353. The van der Waals surface area contributed by atoms with Crippen molar-refractivity contribution in [3.63, 3.8) is 0 Å². The van der Waals surface area contributed by atoms with Crippen molar-refractivity contribution in [1.82, 2.24) is 15.3 Å². The molecule has 122 valence electrons. The van der Waals surface area contributed by atoms with Gasteiger partial charge < -0.3 is 10.6 Å². The van der Waals surface area contributed by atoms with Crippen LogP contribution in [0.1, 0.15) is 42.2 Å². The van der Waals surface area contributed by atoms with Gasteiger partial charge in [0.25, 0.3) is 5.91 Å². The summed E-state index contributed by atoms with van der Waals surface area (Å²) in [6.45, 7) is 3.39. The monoisotopic (exact) mass is 332 g/mol. The Hall–Kier alpha value is -2.14. The van der Waals surface area contributed by atoms with Crippen LogP contribution >= 0.6 is 11.6 Å². The maximum atomic E-state index is 12.2. The van der Waals surface area contributed by atoms with Crippen LogP contribution in [0.4, 0.5) is 5.95 Å². The Labute approximate surface area is 141 Å². The van der Waals surface area contributed by atoms with E-state index in [1.54, 1.807) is 24.4 Å². The van der Waals surface area contributed by atoms with Gasteiger partial charge in [0.1, 0.15) is 5.69 Å². The van der Waals surface area contributed by atoms with E-state index >= 15 is 0 Å². The number of aromatic nitrogens is 2. The molecule has 2 rings (SSSR count). The molecule has 5 nitrogen and oxygen atoms in total. The third-order valence-electron chi connectivity index (χ3n) is 3.32. The average Bonchev–Trinajstić information content (AvgIpc) is 2.58. The fourth-order valence-corrected chi connectivity index (χ4v) is 2.15. The number of nitrogens with one attached hydrogen (secondary N) is 2. The number of anilines is 1. The maximum absolute atomic E-state index is 12.2. The summed E-state index contributed by atoms with van der Waals surface area (Å²) in [7, 11) is 0. The molecule has 1 aromatic heterocycles. The fourth-order valence-electron chi connectivity index (χ4n) is 2.02. The molecule has 0 radical (unpaired) electrons. The lowest BCUT2D eigenvalue weighted by Gasteiger charge is -2.07. The van der Waals surface area contributed by atoms with Crippen LogP contribution in [0, 0.1) is 0 Å². The SMILES string of the molecule is CCCCCNc1nccc(C(=O)NCc2ccc(Cl)cc2)n1. The van der Waals surface area contributed by atoms with E-state index < -0.39 is 0 Å². The van der Waals surface area contributed by atoms with Gasteiger partial charge in [-0.3, -0.25) is 4.79 Å². The van der Waals surface area contributed by atoms with Crippen LogP contribution in [-0.2, 0) is 6.54 Å². The molecule has 6 heteroatoms. The van der Waals surface area contributed by atoms with E-state index in [1.165, 1.54) is 0 Å². The van der Waals surface area contributed by atoms with Gasteiger partial charge in [0.2, 0.25) is 5.95 Å². The van der Waals surface area contributed by atoms with Gasteiger partial charge in [-0.1, -0.05) is 43.5 Å². The molecule has 1 amide bonds. The average molecular weight is 333 g/mol. The van der Waals surface area contributed by atoms with Crippen LogP contribution in [-0.4, -0.2) is 22.4 Å². The number of hydrogen-bond acceptors (Lipinski definition) is 4. The molecule has 0 fully saturated rings. The largest absolute Gasteiger partial charge is 0.354 e. The quantitative estimate of drug-likeness (QED) is 0.724. The van der Waals surface area contributed by atoms with E-state index in [2.05, 4.69) is 27.5 Å². The molecule has 23 heavy (non-hydrogen) atoms. The summed E-state index contributed by atoms with van der Waals surface area (Å²) < 4.78 is 0. The molecule has 1 heterocycles. The van der Waals surface area contributed by atoms with Gasteiger partial charge in [0.05, 0.1) is 0 Å². The number of nitrogens with zero attached hydrogens (tertiary/aromatic N) is 2. The highest BCUT2D eigenvalue weighted by atomic mass is 35.5. The van der Waals surface area contributed by atoms with Gasteiger partial charge >= 0.3 is 0 Å². The number of carbonyl (C=O) groups is 1. The molecular weight excluding hydrogens is 312 g/mol. The zero-order chi connectivity index (χ0) is 16.5. The summed E-state index contributed by atoms with van der Waals surface area (Å²) in [5.41, 5.74) is 1.33. The Morgan fingerprint density at radius 3 is 2.70 bits per heavy atom. The van der Waals surface area contributed by atoms with Crippen molar-refractivity contribution in [1.29, 1.82) is 0 Å². The second kappa shape index (κ2) is 9.10. The lowest BCUT2D eigenvalue weighted by molar-refractivity contribution is 0.0946. The lowest BCUT2D eigenvalue weighted by Crippen LogP contribution is -2.24. The number of rotatable bonds is 8. The van der Waals surface area contributed by atoms with Gasteiger partial charge in [-0.2, -0.15) is 0 Å². The summed E-state index contributed by atoms with van der Waals surface area (Å²) in [6.07, 6.45) is 4.98. The third kappa shape index (κ3) is 5.87. The Morgan fingerprint density at radius 2 is 1.96 bits per heavy atom. The van der Waals surface area contributed by atoms with Crippen molar-refractivity contribution in [2.75, 3.05) is 11.9 Å². The summed E-state index contributed by atoms with van der Waals surface area (Å²) in [6, 6.07) is 8.96. The number of halogens is 1. The minimum atomic E-state index is -0.223. The first kappa shape index (κ1) is 17.2. The van der Waals surface area contributed by atoms with E-state index in [0.717, 1.165) is 31.4 Å². The van der Waals surface area contributed by atoms with Gasteiger partial charge in [-0.15, -0.1) is 0 Å². The Kier molecular flexibility index (Phi) is 6.81. The molecule has 0 aliphatic heterocycles. The molecule has 0 bridgehead atoms. The van der Waals surface area contributed by atoms with Crippen molar-refractivity contribution >= 4 is 23.5 Å². The minimum Gasteiger partial charge on any atom is -0.354 e. The molecule has 1 aromatic carbocycles. The summed E-state index contributed by atoms with van der Waals surface area (Å²) >= 11 is 5.84. The van der Waals surface area contributed by atoms with Crippen molar-refractivity contribution < 1.29 is 4.79 Å². The van der Waals surface area contributed by atoms with Crippen LogP contribution in [0.25, 0.3) is 0 Å². The molecule has 0 aliphatic carbocycles. The van der Waals surface area contributed by atoms with Crippen molar-refractivity contribution in [2.45, 2.75) is 32.7 Å².